The maximum Gasteiger partial charge on any atom is 0.220 e. The maximum absolute atomic E-state index is 12.4. The van der Waals surface area contributed by atoms with E-state index in [1.54, 1.807) is 0 Å². The van der Waals surface area contributed by atoms with E-state index in [1.165, 1.54) is 25.7 Å². The van der Waals surface area contributed by atoms with Crippen molar-refractivity contribution in [3.05, 3.63) is 0 Å². The highest BCUT2D eigenvalue weighted by molar-refractivity contribution is 5.76. The highest BCUT2D eigenvalue weighted by Crippen LogP contribution is 2.49. The van der Waals surface area contributed by atoms with Crippen molar-refractivity contribution in [1.82, 2.24) is 4.90 Å². The lowest BCUT2D eigenvalue weighted by molar-refractivity contribution is -0.124. The topological polar surface area (TPSA) is 81.6 Å². The number of alkyl halides is 1. The van der Waals surface area contributed by atoms with Gasteiger partial charge >= 0.3 is 0 Å². The minimum absolute atomic E-state index is 0.0799. The van der Waals surface area contributed by atoms with E-state index >= 15 is 0 Å². The molecule has 178 valence electrons. The fraction of sp³-hybridized carbons (Fsp3) is 0.960. The summed E-state index contributed by atoms with van der Waals surface area (Å²) in [4.78, 5) is 14.1. The van der Waals surface area contributed by atoms with Gasteiger partial charge in [-0.15, -0.1) is 0 Å². The molecule has 1 amide bonds. The van der Waals surface area contributed by atoms with E-state index < -0.39 is 0 Å². The largest absolute Gasteiger partial charge is 0.374 e. The van der Waals surface area contributed by atoms with Crippen LogP contribution < -0.4 is 11.5 Å². The number of carbonyl (C=O) groups excluding carboxylic acids is 1. The molecule has 4 N–H and O–H groups in total. The summed E-state index contributed by atoms with van der Waals surface area (Å²) in [6, 6.07) is 0.307. The first-order valence-corrected chi connectivity index (χ1v) is 13.0. The monoisotopic (exact) mass is 437 g/mol. The zero-order valence-corrected chi connectivity index (χ0v) is 19.2. The third kappa shape index (κ3) is 5.80. The van der Waals surface area contributed by atoms with Crippen LogP contribution in [0.3, 0.4) is 0 Å². The number of carbonyl (C=O) groups is 1. The van der Waals surface area contributed by atoms with Crippen molar-refractivity contribution in [2.75, 3.05) is 26.3 Å². The number of hydrogen-bond donors (Lipinski definition) is 2. The number of ether oxygens (including phenoxy) is 1. The average molecular weight is 438 g/mol. The molecule has 3 aliphatic carbocycles. The van der Waals surface area contributed by atoms with Gasteiger partial charge in [0.25, 0.3) is 0 Å². The van der Waals surface area contributed by atoms with E-state index in [-0.39, 0.29) is 18.5 Å². The van der Waals surface area contributed by atoms with Crippen LogP contribution in [0.15, 0.2) is 0 Å². The molecular formula is C25H44FN3O2. The molecule has 0 aromatic carbocycles. The Labute approximate surface area is 187 Å². The van der Waals surface area contributed by atoms with Crippen LogP contribution in [0.5, 0.6) is 0 Å². The number of primary amides is 1. The van der Waals surface area contributed by atoms with Crippen molar-refractivity contribution >= 4 is 5.91 Å². The van der Waals surface area contributed by atoms with Gasteiger partial charge in [-0.2, -0.15) is 0 Å². The van der Waals surface area contributed by atoms with Gasteiger partial charge in [-0.3, -0.25) is 9.18 Å². The lowest BCUT2D eigenvalue weighted by Crippen LogP contribution is -2.45. The van der Waals surface area contributed by atoms with Gasteiger partial charge in [0.05, 0.1) is 18.9 Å². The summed E-state index contributed by atoms with van der Waals surface area (Å²) in [6.45, 7) is 2.66. The number of fused-ring (bicyclic) bond motifs is 1. The van der Waals surface area contributed by atoms with Crippen molar-refractivity contribution in [2.24, 2.45) is 41.1 Å². The van der Waals surface area contributed by atoms with Crippen LogP contribution in [0, 0.1) is 29.6 Å². The number of likely N-dealkylation sites (tertiary alicyclic amines) is 1. The van der Waals surface area contributed by atoms with Crippen molar-refractivity contribution in [2.45, 2.75) is 95.3 Å². The smallest absolute Gasteiger partial charge is 0.220 e. The standard InChI is InChI=1S/C25H44FN3O2/c26-12-2-13-29-14-11-21(16-29)31-20-8-5-17(6-9-20)24-22-10-7-19(25(28)30)15-18(22)3-1-4-23(24)27/h17-24H,1-16,27H2,(H2,28,30)/t17?,18?,19?,20?,21-,22?,23?,24?/m0/s1. The van der Waals surface area contributed by atoms with Crippen LogP contribution in [-0.4, -0.2) is 55.4 Å². The summed E-state index contributed by atoms with van der Waals surface area (Å²) in [7, 11) is 0. The number of nitrogens with zero attached hydrogens (tertiary/aromatic N) is 1. The molecule has 0 aromatic heterocycles. The highest BCUT2D eigenvalue weighted by Gasteiger charge is 2.44. The molecule has 0 bridgehead atoms. The molecule has 4 rings (SSSR count). The Kier molecular flexibility index (Phi) is 8.27. The van der Waals surface area contributed by atoms with E-state index in [9.17, 15) is 9.18 Å². The van der Waals surface area contributed by atoms with Gasteiger partial charge in [-0.1, -0.05) is 12.8 Å². The Morgan fingerprint density at radius 2 is 1.77 bits per heavy atom. The molecule has 6 heteroatoms. The van der Waals surface area contributed by atoms with Crippen LogP contribution in [0.2, 0.25) is 0 Å². The predicted octanol–water partition coefficient (Wildman–Crippen LogP) is 3.64. The predicted molar refractivity (Wildman–Crippen MR) is 121 cm³/mol. The van der Waals surface area contributed by atoms with Gasteiger partial charge < -0.3 is 21.1 Å². The van der Waals surface area contributed by atoms with Gasteiger partial charge in [0, 0.05) is 31.6 Å². The van der Waals surface area contributed by atoms with E-state index in [1.807, 2.05) is 0 Å². The fourth-order valence-corrected chi connectivity index (χ4v) is 7.49. The van der Waals surface area contributed by atoms with Crippen molar-refractivity contribution < 1.29 is 13.9 Å². The van der Waals surface area contributed by atoms with Gasteiger partial charge in [-0.05, 0) is 87.9 Å². The molecule has 5 nitrogen and oxygen atoms in total. The molecule has 1 saturated heterocycles. The average Bonchev–Trinajstić information content (AvgIpc) is 3.14. The number of amides is 1. The second-order valence-electron chi connectivity index (χ2n) is 10.9. The lowest BCUT2D eigenvalue weighted by Gasteiger charge is -2.45. The van der Waals surface area contributed by atoms with Gasteiger partial charge in [-0.25, -0.2) is 0 Å². The van der Waals surface area contributed by atoms with Crippen molar-refractivity contribution in [3.8, 4) is 0 Å². The van der Waals surface area contributed by atoms with Crippen molar-refractivity contribution in [1.29, 1.82) is 0 Å². The van der Waals surface area contributed by atoms with Crippen LogP contribution in [-0.2, 0) is 9.53 Å². The normalized spacial score (nSPS) is 42.1. The number of hydrogen-bond acceptors (Lipinski definition) is 4. The molecule has 0 aromatic rings. The van der Waals surface area contributed by atoms with Crippen LogP contribution in [0.25, 0.3) is 0 Å². The second-order valence-corrected chi connectivity index (χ2v) is 10.9. The fourth-order valence-electron chi connectivity index (χ4n) is 7.49. The summed E-state index contributed by atoms with van der Waals surface area (Å²) in [6.07, 6.45) is 13.8. The summed E-state index contributed by atoms with van der Waals surface area (Å²) in [5.74, 6) is 2.59. The van der Waals surface area contributed by atoms with Gasteiger partial charge in [0.2, 0.25) is 5.91 Å². The number of rotatable bonds is 7. The molecule has 3 saturated carbocycles. The van der Waals surface area contributed by atoms with Gasteiger partial charge in [0.1, 0.15) is 0 Å². The highest BCUT2D eigenvalue weighted by atomic mass is 19.1. The molecule has 31 heavy (non-hydrogen) atoms. The minimum Gasteiger partial charge on any atom is -0.374 e. The van der Waals surface area contributed by atoms with E-state index in [0.29, 0.717) is 48.3 Å². The van der Waals surface area contributed by atoms with Gasteiger partial charge in [0.15, 0.2) is 0 Å². The molecule has 4 aliphatic rings. The number of halogens is 1. The van der Waals surface area contributed by atoms with Crippen LogP contribution in [0.4, 0.5) is 4.39 Å². The third-order valence-corrected chi connectivity index (χ3v) is 9.03. The maximum atomic E-state index is 12.4. The van der Waals surface area contributed by atoms with Crippen LogP contribution in [0.1, 0.15) is 77.0 Å². The SMILES string of the molecule is NC(=O)C1CCC2C(CCCC(N)C2C2CCC(O[C@H]3CCN(CCCF)C3)CC2)C1. The first-order valence-electron chi connectivity index (χ1n) is 13.0. The van der Waals surface area contributed by atoms with E-state index in [4.69, 9.17) is 16.2 Å². The minimum atomic E-state index is -0.222. The Morgan fingerprint density at radius 1 is 0.968 bits per heavy atom. The summed E-state index contributed by atoms with van der Waals surface area (Å²) in [5.41, 5.74) is 12.4. The lowest BCUT2D eigenvalue weighted by atomic mass is 9.62. The Bertz CT molecular complexity index is 583. The molecular weight excluding hydrogens is 393 g/mol. The van der Waals surface area contributed by atoms with E-state index in [2.05, 4.69) is 4.90 Å². The van der Waals surface area contributed by atoms with Crippen molar-refractivity contribution in [3.63, 3.8) is 0 Å². The molecule has 0 spiro atoms. The quantitative estimate of drug-likeness (QED) is 0.637. The second kappa shape index (κ2) is 10.9. The summed E-state index contributed by atoms with van der Waals surface area (Å²) >= 11 is 0. The van der Waals surface area contributed by atoms with E-state index in [0.717, 1.165) is 64.6 Å². The molecule has 1 heterocycles. The molecule has 4 fully saturated rings. The zero-order chi connectivity index (χ0) is 21.8. The Morgan fingerprint density at radius 3 is 2.52 bits per heavy atom. The first-order chi connectivity index (χ1) is 15.0. The van der Waals surface area contributed by atoms with Crippen LogP contribution >= 0.6 is 0 Å². The molecule has 1 aliphatic heterocycles. The third-order valence-electron chi connectivity index (χ3n) is 9.03. The Hall–Kier alpha value is -0.720. The molecule has 6 atom stereocenters. The molecule has 0 radical (unpaired) electrons. The Balaban J connectivity index is 1.28. The molecule has 5 unspecified atom stereocenters. The number of nitrogens with two attached hydrogens (primary N) is 2. The zero-order valence-electron chi connectivity index (χ0n) is 19.2. The summed E-state index contributed by atoms with van der Waals surface area (Å²) < 4.78 is 18.9. The summed E-state index contributed by atoms with van der Waals surface area (Å²) in [5, 5.41) is 0. The first kappa shape index (κ1) is 23.4.